The van der Waals surface area contributed by atoms with E-state index < -0.39 is 0 Å². The molecule has 1 aromatic heterocycles. The highest BCUT2D eigenvalue weighted by Gasteiger charge is 2.12. The summed E-state index contributed by atoms with van der Waals surface area (Å²) >= 11 is 0. The lowest BCUT2D eigenvalue weighted by atomic mass is 10.0. The number of aromatic nitrogens is 2. The van der Waals surface area contributed by atoms with Gasteiger partial charge in [0.25, 0.3) is 0 Å². The third-order valence-corrected chi connectivity index (χ3v) is 2.85. The molecular formula is C13H17N3O. The number of nitrogens with zero attached hydrogens (tertiary/aromatic N) is 1. The number of nitrogens with two attached hydrogens (primary N) is 1. The minimum atomic E-state index is 0.487. The van der Waals surface area contributed by atoms with Gasteiger partial charge in [0.1, 0.15) is 11.6 Å². The molecule has 0 bridgehead atoms. The number of hydrogen-bond acceptors (Lipinski definition) is 3. The van der Waals surface area contributed by atoms with E-state index in [1.165, 1.54) is 5.56 Å². The van der Waals surface area contributed by atoms with Crippen LogP contribution in [0.2, 0.25) is 0 Å². The minimum absolute atomic E-state index is 0.487. The van der Waals surface area contributed by atoms with Gasteiger partial charge in [-0.3, -0.25) is 5.10 Å². The Hall–Kier alpha value is -1.97. The second-order valence-electron chi connectivity index (χ2n) is 4.02. The zero-order valence-electron chi connectivity index (χ0n) is 10.4. The summed E-state index contributed by atoms with van der Waals surface area (Å²) in [6.07, 6.45) is 0. The van der Waals surface area contributed by atoms with Crippen LogP contribution in [0.1, 0.15) is 18.1 Å². The van der Waals surface area contributed by atoms with Crippen molar-refractivity contribution in [1.29, 1.82) is 0 Å². The normalized spacial score (nSPS) is 10.5. The standard InChI is InChI=1S/C13H17N3O/c1-4-17-13-9(3)8(2)5-6-10(13)11-7-12(14)16-15-11/h5-7H,4H2,1-3H3,(H3,14,15,16). The highest BCUT2D eigenvalue weighted by atomic mass is 16.5. The molecule has 0 atom stereocenters. The Kier molecular flexibility index (Phi) is 3.04. The Balaban J connectivity index is 2.57. The molecule has 17 heavy (non-hydrogen) atoms. The Morgan fingerprint density at radius 3 is 2.71 bits per heavy atom. The van der Waals surface area contributed by atoms with Crippen molar-refractivity contribution in [3.63, 3.8) is 0 Å². The first kappa shape index (κ1) is 11.5. The molecule has 3 N–H and O–H groups in total. The Labute approximate surface area is 101 Å². The van der Waals surface area contributed by atoms with Crippen LogP contribution in [0.25, 0.3) is 11.3 Å². The van der Waals surface area contributed by atoms with Crippen LogP contribution < -0.4 is 10.5 Å². The minimum Gasteiger partial charge on any atom is -0.493 e. The number of H-pyrrole nitrogens is 1. The lowest BCUT2D eigenvalue weighted by molar-refractivity contribution is 0.339. The molecule has 0 aliphatic heterocycles. The molecule has 0 aliphatic carbocycles. The third-order valence-electron chi connectivity index (χ3n) is 2.85. The summed E-state index contributed by atoms with van der Waals surface area (Å²) in [5.74, 6) is 1.39. The molecule has 0 radical (unpaired) electrons. The number of hydrogen-bond donors (Lipinski definition) is 2. The predicted molar refractivity (Wildman–Crippen MR) is 69.1 cm³/mol. The summed E-state index contributed by atoms with van der Waals surface area (Å²) in [5, 5.41) is 6.86. The largest absolute Gasteiger partial charge is 0.493 e. The van der Waals surface area contributed by atoms with Gasteiger partial charge in [0.2, 0.25) is 0 Å². The molecule has 0 spiro atoms. The molecule has 0 amide bonds. The number of anilines is 1. The van der Waals surface area contributed by atoms with E-state index in [-0.39, 0.29) is 0 Å². The Morgan fingerprint density at radius 2 is 2.12 bits per heavy atom. The van der Waals surface area contributed by atoms with Crippen molar-refractivity contribution in [3.8, 4) is 17.0 Å². The Bertz CT molecular complexity index is 531. The smallest absolute Gasteiger partial charge is 0.145 e. The number of aryl methyl sites for hydroxylation is 1. The van der Waals surface area contributed by atoms with Crippen molar-refractivity contribution in [2.75, 3.05) is 12.3 Å². The molecule has 0 unspecified atom stereocenters. The average Bonchev–Trinajstić information content (AvgIpc) is 2.72. The highest BCUT2D eigenvalue weighted by molar-refractivity contribution is 5.71. The fourth-order valence-electron chi connectivity index (χ4n) is 1.81. The van der Waals surface area contributed by atoms with E-state index in [4.69, 9.17) is 10.5 Å². The number of ether oxygens (including phenoxy) is 1. The van der Waals surface area contributed by atoms with Crippen LogP contribution in [0, 0.1) is 13.8 Å². The molecular weight excluding hydrogens is 214 g/mol. The maximum Gasteiger partial charge on any atom is 0.145 e. The van der Waals surface area contributed by atoms with Gasteiger partial charge in [0.15, 0.2) is 0 Å². The zero-order valence-corrected chi connectivity index (χ0v) is 10.4. The van der Waals surface area contributed by atoms with Crippen molar-refractivity contribution < 1.29 is 4.74 Å². The second-order valence-corrected chi connectivity index (χ2v) is 4.02. The van der Waals surface area contributed by atoms with Crippen LogP contribution in [0.15, 0.2) is 18.2 Å². The van der Waals surface area contributed by atoms with Gasteiger partial charge in [-0.15, -0.1) is 0 Å². The van der Waals surface area contributed by atoms with Crippen LogP contribution in [0.5, 0.6) is 5.75 Å². The van der Waals surface area contributed by atoms with Gasteiger partial charge in [-0.2, -0.15) is 5.10 Å². The van der Waals surface area contributed by atoms with Crippen LogP contribution >= 0.6 is 0 Å². The first-order valence-electron chi connectivity index (χ1n) is 5.67. The van der Waals surface area contributed by atoms with E-state index in [1.54, 1.807) is 0 Å². The Morgan fingerprint density at radius 1 is 1.35 bits per heavy atom. The van der Waals surface area contributed by atoms with E-state index in [0.29, 0.717) is 12.4 Å². The van der Waals surface area contributed by atoms with Crippen molar-refractivity contribution in [3.05, 3.63) is 29.3 Å². The molecule has 1 aromatic carbocycles. The SMILES string of the molecule is CCOc1c(-c2cc(N)n[nH]2)ccc(C)c1C. The number of benzene rings is 1. The van der Waals surface area contributed by atoms with Gasteiger partial charge in [-0.25, -0.2) is 0 Å². The molecule has 0 fully saturated rings. The molecule has 0 saturated heterocycles. The highest BCUT2D eigenvalue weighted by Crippen LogP contribution is 2.34. The summed E-state index contributed by atoms with van der Waals surface area (Å²) in [6, 6.07) is 5.91. The van der Waals surface area contributed by atoms with E-state index in [1.807, 2.05) is 19.1 Å². The first-order valence-corrected chi connectivity index (χ1v) is 5.67. The van der Waals surface area contributed by atoms with Gasteiger partial charge in [0.05, 0.1) is 12.3 Å². The number of aromatic amines is 1. The van der Waals surface area contributed by atoms with E-state index in [2.05, 4.69) is 30.1 Å². The van der Waals surface area contributed by atoms with Gasteiger partial charge in [-0.05, 0) is 38.0 Å². The quantitative estimate of drug-likeness (QED) is 0.853. The molecule has 90 valence electrons. The molecule has 4 heteroatoms. The first-order chi connectivity index (χ1) is 8.13. The summed E-state index contributed by atoms with van der Waals surface area (Å²) in [7, 11) is 0. The topological polar surface area (TPSA) is 63.9 Å². The summed E-state index contributed by atoms with van der Waals surface area (Å²) in [5.41, 5.74) is 9.87. The van der Waals surface area contributed by atoms with Gasteiger partial charge in [-0.1, -0.05) is 6.07 Å². The van der Waals surface area contributed by atoms with Crippen LogP contribution in [-0.4, -0.2) is 16.8 Å². The van der Waals surface area contributed by atoms with E-state index in [0.717, 1.165) is 22.6 Å². The van der Waals surface area contributed by atoms with Crippen LogP contribution in [-0.2, 0) is 0 Å². The maximum absolute atomic E-state index is 5.72. The van der Waals surface area contributed by atoms with Crippen molar-refractivity contribution >= 4 is 5.82 Å². The fraction of sp³-hybridized carbons (Fsp3) is 0.308. The van der Waals surface area contributed by atoms with Gasteiger partial charge >= 0.3 is 0 Å². The predicted octanol–water partition coefficient (Wildman–Crippen LogP) is 2.67. The van der Waals surface area contributed by atoms with Crippen LogP contribution in [0.3, 0.4) is 0 Å². The van der Waals surface area contributed by atoms with Gasteiger partial charge in [0, 0.05) is 11.6 Å². The van der Waals surface area contributed by atoms with E-state index >= 15 is 0 Å². The summed E-state index contributed by atoms with van der Waals surface area (Å²) < 4.78 is 5.72. The van der Waals surface area contributed by atoms with E-state index in [9.17, 15) is 0 Å². The van der Waals surface area contributed by atoms with Gasteiger partial charge < -0.3 is 10.5 Å². The van der Waals surface area contributed by atoms with Crippen LogP contribution in [0.4, 0.5) is 5.82 Å². The second kappa shape index (κ2) is 4.49. The summed E-state index contributed by atoms with van der Waals surface area (Å²) in [6.45, 7) is 6.75. The fourth-order valence-corrected chi connectivity index (χ4v) is 1.81. The lowest BCUT2D eigenvalue weighted by Gasteiger charge is -2.13. The molecule has 4 nitrogen and oxygen atoms in total. The molecule has 0 aliphatic rings. The number of nitrogens with one attached hydrogen (secondary N) is 1. The van der Waals surface area contributed by atoms with Crippen molar-refractivity contribution in [2.24, 2.45) is 0 Å². The monoisotopic (exact) mass is 231 g/mol. The number of rotatable bonds is 3. The summed E-state index contributed by atoms with van der Waals surface area (Å²) in [4.78, 5) is 0. The number of nitrogen functional groups attached to an aromatic ring is 1. The molecule has 2 aromatic rings. The average molecular weight is 231 g/mol. The lowest BCUT2D eigenvalue weighted by Crippen LogP contribution is -1.98. The molecule has 2 rings (SSSR count). The molecule has 1 heterocycles. The third kappa shape index (κ3) is 2.11. The van der Waals surface area contributed by atoms with Crippen molar-refractivity contribution in [1.82, 2.24) is 10.2 Å². The van der Waals surface area contributed by atoms with Crippen molar-refractivity contribution in [2.45, 2.75) is 20.8 Å². The molecule has 0 saturated carbocycles. The zero-order chi connectivity index (χ0) is 12.4. The maximum atomic E-state index is 5.72.